The van der Waals surface area contributed by atoms with E-state index in [9.17, 15) is 17.8 Å². The van der Waals surface area contributed by atoms with Crippen LogP contribution in [0.1, 0.15) is 15.9 Å². The van der Waals surface area contributed by atoms with Gasteiger partial charge in [0, 0.05) is 11.1 Å². The fourth-order valence-corrected chi connectivity index (χ4v) is 2.15. The maximum absolute atomic E-state index is 13.0. The van der Waals surface area contributed by atoms with Crippen LogP contribution in [-0.2, 0) is 11.1 Å². The zero-order chi connectivity index (χ0) is 14.0. The molecule has 0 radical (unpaired) electrons. The third-order valence-corrected chi connectivity index (χ3v) is 3.20. The Balaban J connectivity index is 2.49. The van der Waals surface area contributed by atoms with Gasteiger partial charge in [-0.2, -0.15) is 0 Å². The second-order valence-corrected chi connectivity index (χ2v) is 4.66. The van der Waals surface area contributed by atoms with Crippen molar-refractivity contribution in [2.75, 3.05) is 0 Å². The van der Waals surface area contributed by atoms with Crippen molar-refractivity contribution in [2.24, 2.45) is 0 Å². The smallest absolute Gasteiger partial charge is 0.194 e. The number of ketones is 1. The van der Waals surface area contributed by atoms with Crippen LogP contribution in [0.25, 0.3) is 0 Å². The van der Waals surface area contributed by atoms with Crippen molar-refractivity contribution >= 4 is 16.9 Å². The van der Waals surface area contributed by atoms with Gasteiger partial charge in [0.25, 0.3) is 0 Å². The van der Waals surface area contributed by atoms with Crippen LogP contribution in [0.5, 0.6) is 0 Å². The first-order valence-electron chi connectivity index (χ1n) is 5.19. The van der Waals surface area contributed by atoms with E-state index < -0.39 is 28.5 Å². The number of carbonyl (C=O) groups is 1. The molecule has 0 aromatic heterocycles. The summed E-state index contributed by atoms with van der Waals surface area (Å²) in [5, 5.41) is 0. The molecule has 1 N–H and O–H groups in total. The average molecular weight is 282 g/mol. The number of halogens is 2. The second kappa shape index (κ2) is 5.38. The fourth-order valence-electron chi connectivity index (χ4n) is 1.58. The maximum Gasteiger partial charge on any atom is 0.194 e. The van der Waals surface area contributed by atoms with Gasteiger partial charge in [-0.1, -0.05) is 0 Å². The number of benzene rings is 2. The normalized spacial score (nSPS) is 12.2. The van der Waals surface area contributed by atoms with Crippen LogP contribution < -0.4 is 0 Å². The lowest BCUT2D eigenvalue weighted by Crippen LogP contribution is -2.07. The minimum absolute atomic E-state index is 0.0890. The Morgan fingerprint density at radius 3 is 2.16 bits per heavy atom. The maximum atomic E-state index is 13.0. The minimum Gasteiger partial charge on any atom is -0.302 e. The number of hydrogen-bond donors (Lipinski definition) is 1. The summed E-state index contributed by atoms with van der Waals surface area (Å²) in [4.78, 5) is 11.8. The predicted molar refractivity (Wildman–Crippen MR) is 65.3 cm³/mol. The molecule has 0 aliphatic carbocycles. The number of carbonyl (C=O) groups excluding carboxylic acids is 1. The standard InChI is InChI=1S/C13H8F2O3S/c14-9-3-1-8(2-4-9)13(16)11-6-5-10(15)7-12(11)19(17)18/h1-7H,(H,17,18). The van der Waals surface area contributed by atoms with Gasteiger partial charge in [-0.05, 0) is 42.5 Å². The van der Waals surface area contributed by atoms with Crippen LogP contribution in [0.2, 0.25) is 0 Å². The van der Waals surface area contributed by atoms with Gasteiger partial charge in [-0.25, -0.2) is 13.0 Å². The Bertz CT molecular complexity index is 653. The molecule has 2 rings (SSSR count). The molecular weight excluding hydrogens is 274 g/mol. The van der Waals surface area contributed by atoms with E-state index in [2.05, 4.69) is 0 Å². The monoisotopic (exact) mass is 282 g/mol. The summed E-state index contributed by atoms with van der Waals surface area (Å²) in [6.07, 6.45) is 0. The first kappa shape index (κ1) is 13.5. The summed E-state index contributed by atoms with van der Waals surface area (Å²) >= 11 is -2.48. The molecule has 6 heteroatoms. The molecule has 0 saturated carbocycles. The molecule has 0 amide bonds. The Hall–Kier alpha value is -1.92. The van der Waals surface area contributed by atoms with E-state index in [0.717, 1.165) is 30.3 Å². The van der Waals surface area contributed by atoms with Gasteiger partial charge in [-0.15, -0.1) is 0 Å². The summed E-state index contributed by atoms with van der Waals surface area (Å²) in [5.74, 6) is -1.79. The van der Waals surface area contributed by atoms with E-state index in [4.69, 9.17) is 4.55 Å². The molecule has 0 saturated heterocycles. The highest BCUT2D eigenvalue weighted by molar-refractivity contribution is 7.79. The van der Waals surface area contributed by atoms with Gasteiger partial charge in [0.05, 0.1) is 4.90 Å². The van der Waals surface area contributed by atoms with Crippen LogP contribution in [0, 0.1) is 11.6 Å². The molecule has 2 aromatic carbocycles. The zero-order valence-corrected chi connectivity index (χ0v) is 10.3. The Morgan fingerprint density at radius 2 is 1.58 bits per heavy atom. The summed E-state index contributed by atoms with van der Waals surface area (Å²) in [7, 11) is 0. The molecule has 1 unspecified atom stereocenters. The van der Waals surface area contributed by atoms with Crippen molar-refractivity contribution in [3.63, 3.8) is 0 Å². The highest BCUT2D eigenvalue weighted by atomic mass is 32.2. The molecule has 0 aliphatic heterocycles. The van der Waals surface area contributed by atoms with Gasteiger partial charge in [0.1, 0.15) is 11.6 Å². The van der Waals surface area contributed by atoms with E-state index in [0.29, 0.717) is 0 Å². The van der Waals surface area contributed by atoms with Gasteiger partial charge in [0.15, 0.2) is 16.9 Å². The molecule has 0 heterocycles. The van der Waals surface area contributed by atoms with Gasteiger partial charge < -0.3 is 4.55 Å². The predicted octanol–water partition coefficient (Wildman–Crippen LogP) is 2.78. The summed E-state index contributed by atoms with van der Waals surface area (Å²) < 4.78 is 45.9. The van der Waals surface area contributed by atoms with Crippen molar-refractivity contribution in [2.45, 2.75) is 4.90 Å². The van der Waals surface area contributed by atoms with Gasteiger partial charge in [0.2, 0.25) is 0 Å². The van der Waals surface area contributed by atoms with Crippen LogP contribution in [0.3, 0.4) is 0 Å². The minimum atomic E-state index is -2.48. The Labute approximate surface area is 110 Å². The summed E-state index contributed by atoms with van der Waals surface area (Å²) in [5.41, 5.74) is 0.0635. The molecule has 3 nitrogen and oxygen atoms in total. The third-order valence-electron chi connectivity index (χ3n) is 2.48. The van der Waals surface area contributed by atoms with Crippen molar-refractivity contribution in [3.05, 3.63) is 65.2 Å². The van der Waals surface area contributed by atoms with Crippen LogP contribution >= 0.6 is 0 Å². The van der Waals surface area contributed by atoms with E-state index >= 15 is 0 Å². The van der Waals surface area contributed by atoms with Crippen molar-refractivity contribution in [3.8, 4) is 0 Å². The van der Waals surface area contributed by atoms with Crippen molar-refractivity contribution < 1.29 is 22.3 Å². The lowest BCUT2D eigenvalue weighted by molar-refractivity contribution is 0.103. The first-order valence-corrected chi connectivity index (χ1v) is 6.30. The van der Waals surface area contributed by atoms with Crippen LogP contribution in [0.15, 0.2) is 47.4 Å². The number of rotatable bonds is 3. The molecule has 0 spiro atoms. The van der Waals surface area contributed by atoms with E-state index in [1.54, 1.807) is 0 Å². The molecule has 1 atom stereocenters. The Morgan fingerprint density at radius 1 is 1.00 bits per heavy atom. The third kappa shape index (κ3) is 2.91. The Kier molecular flexibility index (Phi) is 3.82. The first-order chi connectivity index (χ1) is 8.99. The second-order valence-electron chi connectivity index (χ2n) is 3.73. The van der Waals surface area contributed by atoms with Crippen LogP contribution in [0.4, 0.5) is 8.78 Å². The van der Waals surface area contributed by atoms with E-state index in [-0.39, 0.29) is 16.0 Å². The molecule has 98 valence electrons. The van der Waals surface area contributed by atoms with Crippen molar-refractivity contribution in [1.82, 2.24) is 0 Å². The fraction of sp³-hybridized carbons (Fsp3) is 0. The topological polar surface area (TPSA) is 54.4 Å². The van der Waals surface area contributed by atoms with Gasteiger partial charge in [-0.3, -0.25) is 4.79 Å². The molecule has 0 bridgehead atoms. The summed E-state index contributed by atoms with van der Waals surface area (Å²) in [6, 6.07) is 7.69. The quantitative estimate of drug-likeness (QED) is 0.695. The average Bonchev–Trinajstić information content (AvgIpc) is 2.38. The SMILES string of the molecule is O=C(c1ccc(F)cc1)c1ccc(F)cc1S(=O)O. The van der Waals surface area contributed by atoms with E-state index in [1.165, 1.54) is 12.1 Å². The molecular formula is C13H8F2O3S. The van der Waals surface area contributed by atoms with Crippen molar-refractivity contribution in [1.29, 1.82) is 0 Å². The van der Waals surface area contributed by atoms with Gasteiger partial charge >= 0.3 is 0 Å². The molecule has 2 aromatic rings. The molecule has 0 aliphatic rings. The lowest BCUT2D eigenvalue weighted by Gasteiger charge is -2.06. The number of hydrogen-bond acceptors (Lipinski definition) is 2. The molecule has 0 fully saturated rings. The van der Waals surface area contributed by atoms with Crippen LogP contribution in [-0.4, -0.2) is 14.5 Å². The molecule has 19 heavy (non-hydrogen) atoms. The zero-order valence-electron chi connectivity index (χ0n) is 9.47. The van der Waals surface area contributed by atoms with E-state index in [1.807, 2.05) is 0 Å². The highest BCUT2D eigenvalue weighted by Gasteiger charge is 2.17. The lowest BCUT2D eigenvalue weighted by atomic mass is 10.0. The highest BCUT2D eigenvalue weighted by Crippen LogP contribution is 2.19. The largest absolute Gasteiger partial charge is 0.302 e. The summed E-state index contributed by atoms with van der Waals surface area (Å²) in [6.45, 7) is 0.